The van der Waals surface area contributed by atoms with Crippen molar-refractivity contribution in [3.05, 3.63) is 29.8 Å². The Morgan fingerprint density at radius 3 is 2.12 bits per heavy atom. The lowest BCUT2D eigenvalue weighted by atomic mass is 9.72. The first-order valence-corrected chi connectivity index (χ1v) is 9.23. The van der Waals surface area contributed by atoms with Crippen LogP contribution in [0.4, 0.5) is 13.2 Å². The van der Waals surface area contributed by atoms with Crippen molar-refractivity contribution in [2.75, 3.05) is 5.75 Å². The smallest absolute Gasteiger partial charge is 0.416 e. The topological polar surface area (TPSA) is 71.4 Å². The van der Waals surface area contributed by atoms with Gasteiger partial charge in [-0.05, 0) is 62.8 Å². The minimum Gasteiger partial charge on any atom is -0.481 e. The zero-order valence-corrected chi connectivity index (χ0v) is 14.0. The van der Waals surface area contributed by atoms with E-state index in [0.29, 0.717) is 25.7 Å². The molecule has 1 aromatic carbocycles. The van der Waals surface area contributed by atoms with E-state index in [1.165, 1.54) is 0 Å². The molecule has 0 heterocycles. The number of carboxylic acids is 1. The van der Waals surface area contributed by atoms with Gasteiger partial charge in [0.15, 0.2) is 9.84 Å². The van der Waals surface area contributed by atoms with Gasteiger partial charge in [0.25, 0.3) is 0 Å². The third-order valence-corrected chi connectivity index (χ3v) is 6.62. The average molecular weight is 364 g/mol. The third kappa shape index (κ3) is 4.09. The summed E-state index contributed by atoms with van der Waals surface area (Å²) in [6.07, 6.45) is -2.76. The summed E-state index contributed by atoms with van der Waals surface area (Å²) in [5.41, 5.74) is -1.72. The number of rotatable bonds is 4. The second-order valence-corrected chi connectivity index (χ2v) is 8.65. The maximum absolute atomic E-state index is 12.5. The number of hydrogen-bond donors (Lipinski definition) is 1. The van der Waals surface area contributed by atoms with Crippen molar-refractivity contribution < 1.29 is 31.5 Å². The number of alkyl halides is 3. The molecule has 134 valence electrons. The number of aliphatic carboxylic acids is 1. The molecule has 0 aliphatic heterocycles. The summed E-state index contributed by atoms with van der Waals surface area (Å²) in [6.45, 7) is 1.65. The highest BCUT2D eigenvalue weighted by Gasteiger charge is 2.38. The van der Waals surface area contributed by atoms with Crippen LogP contribution in [0.3, 0.4) is 0 Å². The fraction of sp³-hybridized carbons (Fsp3) is 0.562. The number of carboxylic acid groups (broad SMARTS) is 1. The Morgan fingerprint density at radius 1 is 1.21 bits per heavy atom. The SMILES string of the molecule is CC1(C(=O)O)CCC(CS(=O)(=O)c2ccc(C(F)(F)F)cc2)CC1. The Morgan fingerprint density at radius 2 is 1.71 bits per heavy atom. The van der Waals surface area contributed by atoms with Crippen molar-refractivity contribution in [1.29, 1.82) is 0 Å². The highest BCUT2D eigenvalue weighted by Crippen LogP contribution is 2.40. The minimum atomic E-state index is -4.51. The minimum absolute atomic E-state index is 0.137. The molecule has 0 unspecified atom stereocenters. The van der Waals surface area contributed by atoms with Gasteiger partial charge in [-0.2, -0.15) is 13.2 Å². The van der Waals surface area contributed by atoms with Gasteiger partial charge in [0, 0.05) is 0 Å². The first-order chi connectivity index (χ1) is 10.9. The lowest BCUT2D eigenvalue weighted by molar-refractivity contribution is -0.150. The van der Waals surface area contributed by atoms with Crippen molar-refractivity contribution in [2.24, 2.45) is 11.3 Å². The summed E-state index contributed by atoms with van der Waals surface area (Å²) < 4.78 is 62.3. The van der Waals surface area contributed by atoms with E-state index in [0.717, 1.165) is 24.3 Å². The molecule has 1 fully saturated rings. The predicted molar refractivity (Wildman–Crippen MR) is 81.2 cm³/mol. The van der Waals surface area contributed by atoms with Gasteiger partial charge in [-0.3, -0.25) is 4.79 Å². The predicted octanol–water partition coefficient (Wildman–Crippen LogP) is 3.76. The summed E-state index contributed by atoms with van der Waals surface area (Å²) in [6, 6.07) is 3.47. The standard InChI is InChI=1S/C16H19F3O4S/c1-15(14(20)21)8-6-11(7-9-15)10-24(22,23)13-4-2-12(3-5-13)16(17,18)19/h2-5,11H,6-10H2,1H3,(H,20,21). The molecule has 2 rings (SSSR count). The summed E-state index contributed by atoms with van der Waals surface area (Å²) in [4.78, 5) is 11.1. The molecule has 1 aromatic rings. The number of sulfone groups is 1. The molecule has 0 spiro atoms. The van der Waals surface area contributed by atoms with Gasteiger partial charge in [-0.1, -0.05) is 0 Å². The molecular formula is C16H19F3O4S. The zero-order chi connectivity index (χ0) is 18.2. The highest BCUT2D eigenvalue weighted by molar-refractivity contribution is 7.91. The van der Waals surface area contributed by atoms with Crippen LogP contribution in [0.25, 0.3) is 0 Å². The third-order valence-electron chi connectivity index (χ3n) is 4.72. The van der Waals surface area contributed by atoms with E-state index in [9.17, 15) is 31.5 Å². The molecule has 24 heavy (non-hydrogen) atoms. The van der Waals surface area contributed by atoms with Gasteiger partial charge in [-0.25, -0.2) is 8.42 Å². The van der Waals surface area contributed by atoms with Crippen molar-refractivity contribution >= 4 is 15.8 Å². The number of benzene rings is 1. The van der Waals surface area contributed by atoms with E-state index in [1.807, 2.05) is 0 Å². The van der Waals surface area contributed by atoms with Crippen LogP contribution < -0.4 is 0 Å². The number of hydrogen-bond acceptors (Lipinski definition) is 3. The molecule has 0 atom stereocenters. The average Bonchev–Trinajstić information content (AvgIpc) is 2.49. The summed E-state index contributed by atoms with van der Waals surface area (Å²) in [5.74, 6) is -1.23. The fourth-order valence-corrected chi connectivity index (χ4v) is 4.65. The maximum Gasteiger partial charge on any atom is 0.416 e. The maximum atomic E-state index is 12.5. The van der Waals surface area contributed by atoms with Crippen molar-refractivity contribution in [3.63, 3.8) is 0 Å². The number of halogens is 3. The van der Waals surface area contributed by atoms with Gasteiger partial charge in [0.05, 0.1) is 21.6 Å². The van der Waals surface area contributed by atoms with E-state index < -0.39 is 33.0 Å². The Labute approximate surface area is 138 Å². The van der Waals surface area contributed by atoms with E-state index >= 15 is 0 Å². The van der Waals surface area contributed by atoms with Gasteiger partial charge in [-0.15, -0.1) is 0 Å². The van der Waals surface area contributed by atoms with Crippen LogP contribution in [-0.4, -0.2) is 25.2 Å². The monoisotopic (exact) mass is 364 g/mol. The van der Waals surface area contributed by atoms with Gasteiger partial charge in [0.2, 0.25) is 0 Å². The van der Waals surface area contributed by atoms with Gasteiger partial charge in [0.1, 0.15) is 0 Å². The van der Waals surface area contributed by atoms with E-state index in [-0.39, 0.29) is 16.6 Å². The molecule has 1 N–H and O–H groups in total. The Bertz CT molecular complexity index is 700. The Kier molecular flexibility index (Phi) is 4.99. The van der Waals surface area contributed by atoms with Crippen LogP contribution >= 0.6 is 0 Å². The van der Waals surface area contributed by atoms with Crippen LogP contribution in [0.2, 0.25) is 0 Å². The van der Waals surface area contributed by atoms with Crippen molar-refractivity contribution in [2.45, 2.75) is 43.7 Å². The molecule has 0 bridgehead atoms. The normalized spacial score (nSPS) is 25.4. The second kappa shape index (κ2) is 6.38. The molecule has 0 aromatic heterocycles. The second-order valence-electron chi connectivity index (χ2n) is 6.61. The van der Waals surface area contributed by atoms with E-state index in [1.54, 1.807) is 6.92 Å². The summed E-state index contributed by atoms with van der Waals surface area (Å²) in [7, 11) is -3.69. The largest absolute Gasteiger partial charge is 0.481 e. The lowest BCUT2D eigenvalue weighted by Gasteiger charge is -2.33. The summed E-state index contributed by atoms with van der Waals surface area (Å²) in [5, 5.41) is 9.18. The van der Waals surface area contributed by atoms with Crippen LogP contribution in [0.1, 0.15) is 38.2 Å². The zero-order valence-electron chi connectivity index (χ0n) is 13.1. The number of carbonyl (C=O) groups is 1. The quantitative estimate of drug-likeness (QED) is 0.883. The fourth-order valence-electron chi connectivity index (χ4n) is 2.95. The molecule has 8 heteroatoms. The molecule has 0 radical (unpaired) electrons. The first kappa shape index (κ1) is 18.8. The molecule has 1 aliphatic rings. The summed E-state index contributed by atoms with van der Waals surface area (Å²) >= 11 is 0. The van der Waals surface area contributed by atoms with Crippen LogP contribution in [0, 0.1) is 11.3 Å². The van der Waals surface area contributed by atoms with E-state index in [2.05, 4.69) is 0 Å². The molecule has 0 amide bonds. The lowest BCUT2D eigenvalue weighted by Crippen LogP contribution is -2.34. The molecule has 1 saturated carbocycles. The van der Waals surface area contributed by atoms with Crippen molar-refractivity contribution in [3.8, 4) is 0 Å². The van der Waals surface area contributed by atoms with Gasteiger partial charge >= 0.3 is 12.1 Å². The van der Waals surface area contributed by atoms with Crippen LogP contribution in [0.15, 0.2) is 29.2 Å². The highest BCUT2D eigenvalue weighted by atomic mass is 32.2. The molecule has 0 saturated heterocycles. The van der Waals surface area contributed by atoms with Crippen LogP contribution in [0.5, 0.6) is 0 Å². The van der Waals surface area contributed by atoms with Gasteiger partial charge < -0.3 is 5.11 Å². The molecule has 1 aliphatic carbocycles. The Balaban J connectivity index is 2.06. The van der Waals surface area contributed by atoms with E-state index in [4.69, 9.17) is 0 Å². The molecule has 4 nitrogen and oxygen atoms in total. The Hall–Kier alpha value is -1.57. The van der Waals surface area contributed by atoms with Crippen LogP contribution in [-0.2, 0) is 20.8 Å². The molecular weight excluding hydrogens is 345 g/mol. The van der Waals surface area contributed by atoms with Crippen molar-refractivity contribution in [1.82, 2.24) is 0 Å². The first-order valence-electron chi connectivity index (χ1n) is 7.57.